The van der Waals surface area contributed by atoms with Crippen molar-refractivity contribution < 1.29 is 23.9 Å². The quantitative estimate of drug-likeness (QED) is 0.459. The van der Waals surface area contributed by atoms with Crippen molar-refractivity contribution in [2.24, 2.45) is 0 Å². The Morgan fingerprint density at radius 2 is 1.87 bits per heavy atom. The summed E-state index contributed by atoms with van der Waals surface area (Å²) in [4.78, 5) is 39.1. The van der Waals surface area contributed by atoms with Crippen molar-refractivity contribution in [2.75, 3.05) is 25.6 Å². The number of amides is 2. The summed E-state index contributed by atoms with van der Waals surface area (Å²) in [5.41, 5.74) is 3.50. The molecule has 0 spiro atoms. The maximum Gasteiger partial charge on any atom is 0.306 e. The molecule has 0 aliphatic rings. The molecule has 0 bridgehead atoms. The van der Waals surface area contributed by atoms with Crippen LogP contribution < -0.4 is 15.4 Å². The van der Waals surface area contributed by atoms with Gasteiger partial charge < -0.3 is 25.1 Å². The van der Waals surface area contributed by atoms with Crippen LogP contribution in [0.1, 0.15) is 17.5 Å². The van der Waals surface area contributed by atoms with Crippen LogP contribution in [-0.4, -0.2) is 43.0 Å². The van der Waals surface area contributed by atoms with Gasteiger partial charge in [0.25, 0.3) is 5.91 Å². The molecule has 3 rings (SSSR count). The molecule has 0 saturated carbocycles. The Balaban J connectivity index is 1.38. The third-order valence-electron chi connectivity index (χ3n) is 4.71. The highest BCUT2D eigenvalue weighted by Crippen LogP contribution is 2.25. The number of aromatic nitrogens is 1. The van der Waals surface area contributed by atoms with E-state index in [2.05, 4.69) is 15.6 Å². The second-order valence-electron chi connectivity index (χ2n) is 7.05. The zero-order chi connectivity index (χ0) is 22.2. The van der Waals surface area contributed by atoms with Gasteiger partial charge in [-0.25, -0.2) is 0 Å². The zero-order valence-corrected chi connectivity index (χ0v) is 17.5. The lowest BCUT2D eigenvalue weighted by atomic mass is 10.1. The summed E-state index contributed by atoms with van der Waals surface area (Å²) in [5, 5.41) is 6.17. The molecule has 0 radical (unpaired) electrons. The van der Waals surface area contributed by atoms with Crippen molar-refractivity contribution in [2.45, 2.75) is 19.8 Å². The number of rotatable bonds is 9. The van der Waals surface area contributed by atoms with Crippen molar-refractivity contribution in [1.82, 2.24) is 10.3 Å². The van der Waals surface area contributed by atoms with Gasteiger partial charge in [0.05, 0.1) is 19.3 Å². The molecule has 31 heavy (non-hydrogen) atoms. The second-order valence-corrected chi connectivity index (χ2v) is 7.05. The predicted octanol–water partition coefficient (Wildman–Crippen LogP) is 2.72. The lowest BCUT2D eigenvalue weighted by molar-refractivity contribution is -0.148. The molecular formula is C23H25N3O5. The first-order valence-corrected chi connectivity index (χ1v) is 9.88. The minimum atomic E-state index is -0.549. The molecule has 0 unspecified atom stereocenters. The van der Waals surface area contributed by atoms with E-state index >= 15 is 0 Å². The number of anilines is 1. The number of methoxy groups -OCH3 is 1. The van der Waals surface area contributed by atoms with Crippen LogP contribution in [0.2, 0.25) is 0 Å². The number of carbonyl (C=O) groups is 3. The fourth-order valence-corrected chi connectivity index (χ4v) is 3.14. The molecule has 3 aromatic rings. The van der Waals surface area contributed by atoms with E-state index < -0.39 is 24.4 Å². The average molecular weight is 423 g/mol. The van der Waals surface area contributed by atoms with E-state index in [-0.39, 0.29) is 13.0 Å². The summed E-state index contributed by atoms with van der Waals surface area (Å²) in [6.45, 7) is 1.21. The predicted molar refractivity (Wildman–Crippen MR) is 117 cm³/mol. The normalized spacial score (nSPS) is 10.5. The number of hydrogen-bond acceptors (Lipinski definition) is 5. The highest BCUT2D eigenvalue weighted by atomic mass is 16.5. The Hall–Kier alpha value is -3.81. The Morgan fingerprint density at radius 3 is 2.68 bits per heavy atom. The van der Waals surface area contributed by atoms with Gasteiger partial charge >= 0.3 is 5.97 Å². The highest BCUT2D eigenvalue weighted by molar-refractivity contribution is 5.96. The van der Waals surface area contributed by atoms with Gasteiger partial charge in [-0.1, -0.05) is 24.3 Å². The zero-order valence-electron chi connectivity index (χ0n) is 17.5. The number of esters is 1. The number of para-hydroxylation sites is 1. The van der Waals surface area contributed by atoms with Crippen LogP contribution in [0.25, 0.3) is 10.9 Å². The van der Waals surface area contributed by atoms with Gasteiger partial charge in [-0.15, -0.1) is 0 Å². The third-order valence-corrected chi connectivity index (χ3v) is 4.71. The average Bonchev–Trinajstić information content (AvgIpc) is 3.18. The largest absolute Gasteiger partial charge is 0.495 e. The minimum Gasteiger partial charge on any atom is -0.495 e. The van der Waals surface area contributed by atoms with E-state index in [1.807, 2.05) is 43.5 Å². The Bertz CT molecular complexity index is 1090. The van der Waals surface area contributed by atoms with Gasteiger partial charge in [0.1, 0.15) is 5.75 Å². The van der Waals surface area contributed by atoms with Crippen LogP contribution in [0.4, 0.5) is 5.69 Å². The first-order valence-electron chi connectivity index (χ1n) is 9.88. The molecule has 0 saturated heterocycles. The molecule has 0 atom stereocenters. The Labute approximate surface area is 179 Å². The van der Waals surface area contributed by atoms with Crippen molar-refractivity contribution in [3.63, 3.8) is 0 Å². The second kappa shape index (κ2) is 10.3. The van der Waals surface area contributed by atoms with E-state index in [9.17, 15) is 14.4 Å². The van der Waals surface area contributed by atoms with Crippen LogP contribution in [0, 0.1) is 6.92 Å². The fourth-order valence-electron chi connectivity index (χ4n) is 3.14. The van der Waals surface area contributed by atoms with Crippen LogP contribution in [0.3, 0.4) is 0 Å². The summed E-state index contributed by atoms with van der Waals surface area (Å²) in [7, 11) is 1.51. The molecule has 2 amide bonds. The van der Waals surface area contributed by atoms with Gasteiger partial charge in [0, 0.05) is 23.5 Å². The lowest BCUT2D eigenvalue weighted by Crippen LogP contribution is -2.35. The molecule has 162 valence electrons. The summed E-state index contributed by atoms with van der Waals surface area (Å²) < 4.78 is 10.2. The molecule has 1 aromatic heterocycles. The number of ether oxygens (including phenoxy) is 2. The van der Waals surface area contributed by atoms with Crippen LogP contribution in [0.15, 0.2) is 48.7 Å². The first-order chi connectivity index (χ1) is 15.0. The van der Waals surface area contributed by atoms with Gasteiger partial charge in [0.15, 0.2) is 6.61 Å². The summed E-state index contributed by atoms with van der Waals surface area (Å²) in [6.07, 6.45) is 2.53. The number of hydrogen-bond donors (Lipinski definition) is 3. The molecule has 0 aliphatic carbocycles. The Morgan fingerprint density at radius 1 is 1.06 bits per heavy atom. The van der Waals surface area contributed by atoms with E-state index in [1.54, 1.807) is 12.1 Å². The van der Waals surface area contributed by atoms with Crippen molar-refractivity contribution in [3.05, 3.63) is 59.8 Å². The molecule has 0 fully saturated rings. The third kappa shape index (κ3) is 6.08. The summed E-state index contributed by atoms with van der Waals surface area (Å²) in [5.74, 6) is -0.918. The lowest BCUT2D eigenvalue weighted by Gasteiger charge is -2.11. The highest BCUT2D eigenvalue weighted by Gasteiger charge is 2.12. The van der Waals surface area contributed by atoms with Gasteiger partial charge in [-0.2, -0.15) is 0 Å². The number of H-pyrrole nitrogens is 1. The smallest absolute Gasteiger partial charge is 0.306 e. The number of carbonyl (C=O) groups excluding carboxylic acids is 3. The first kappa shape index (κ1) is 21.9. The van der Waals surface area contributed by atoms with Crippen LogP contribution >= 0.6 is 0 Å². The van der Waals surface area contributed by atoms with Crippen LogP contribution in [-0.2, 0) is 25.5 Å². The topological polar surface area (TPSA) is 110 Å². The number of benzene rings is 2. The molecule has 3 N–H and O–H groups in total. The molecule has 1 heterocycles. The molecule has 0 aliphatic heterocycles. The number of nitrogens with one attached hydrogen (secondary N) is 3. The standard InChI is InChI=1S/C23H25N3O5/c1-15-7-9-20(30-2)19(11-15)26-21(27)13-25-22(28)14-31-23(29)10-8-16-12-24-18-6-4-3-5-17(16)18/h3-7,9,11-12,24H,8,10,13-14H2,1-2H3,(H,25,28)(H,26,27). The molecule has 2 aromatic carbocycles. The summed E-state index contributed by atoms with van der Waals surface area (Å²) in [6, 6.07) is 13.2. The monoisotopic (exact) mass is 423 g/mol. The van der Waals surface area contributed by atoms with Gasteiger partial charge in [0.2, 0.25) is 5.91 Å². The minimum absolute atomic E-state index is 0.156. The van der Waals surface area contributed by atoms with E-state index in [4.69, 9.17) is 9.47 Å². The SMILES string of the molecule is COc1ccc(C)cc1NC(=O)CNC(=O)COC(=O)CCc1c[nH]c2ccccc12. The number of fused-ring (bicyclic) bond motifs is 1. The van der Waals surface area contributed by atoms with E-state index in [0.717, 1.165) is 22.0 Å². The molecule has 8 heteroatoms. The van der Waals surface area contributed by atoms with Crippen molar-refractivity contribution in [3.8, 4) is 5.75 Å². The maximum atomic E-state index is 12.1. The maximum absolute atomic E-state index is 12.1. The molecular weight excluding hydrogens is 398 g/mol. The molecule has 8 nitrogen and oxygen atoms in total. The van der Waals surface area contributed by atoms with Crippen LogP contribution in [0.5, 0.6) is 5.75 Å². The van der Waals surface area contributed by atoms with E-state index in [0.29, 0.717) is 17.9 Å². The van der Waals surface area contributed by atoms with Crippen molar-refractivity contribution >= 4 is 34.4 Å². The summed E-state index contributed by atoms with van der Waals surface area (Å²) >= 11 is 0. The number of aromatic amines is 1. The van der Waals surface area contributed by atoms with Gasteiger partial charge in [-0.3, -0.25) is 14.4 Å². The van der Waals surface area contributed by atoms with E-state index in [1.165, 1.54) is 7.11 Å². The fraction of sp³-hybridized carbons (Fsp3) is 0.261. The van der Waals surface area contributed by atoms with Gasteiger partial charge in [-0.05, 0) is 42.7 Å². The Kier molecular flexibility index (Phi) is 7.26. The number of aryl methyl sites for hydroxylation is 2. The van der Waals surface area contributed by atoms with Crippen molar-refractivity contribution in [1.29, 1.82) is 0 Å².